The molecule has 1 fully saturated rings. The smallest absolute Gasteiger partial charge is 0.317 e. The summed E-state index contributed by atoms with van der Waals surface area (Å²) in [6.45, 7) is 8.04. The SMILES string of the molecule is COc1cc([C@@H]2[C@H](C(=O)OC(C)C)C(=O)C[C@@](C)(O)[C@@H]2C(=O)OC(C)C)ccc1O. The average molecular weight is 422 g/mol. The molecule has 0 spiro atoms. The van der Waals surface area contributed by atoms with Crippen LogP contribution in [0.15, 0.2) is 18.2 Å². The number of hydrogen-bond donors (Lipinski definition) is 2. The molecule has 4 atom stereocenters. The van der Waals surface area contributed by atoms with Gasteiger partial charge in [0.2, 0.25) is 0 Å². The van der Waals surface area contributed by atoms with Crippen molar-refractivity contribution >= 4 is 17.7 Å². The fraction of sp³-hybridized carbons (Fsp3) is 0.591. The second-order valence-corrected chi connectivity index (χ2v) is 8.38. The lowest BCUT2D eigenvalue weighted by Crippen LogP contribution is -2.55. The molecule has 30 heavy (non-hydrogen) atoms. The molecular weight excluding hydrogens is 392 g/mol. The zero-order chi connectivity index (χ0) is 22.8. The second kappa shape index (κ2) is 9.04. The van der Waals surface area contributed by atoms with Gasteiger partial charge in [-0.3, -0.25) is 14.4 Å². The van der Waals surface area contributed by atoms with Crippen molar-refractivity contribution in [1.82, 2.24) is 0 Å². The highest BCUT2D eigenvalue weighted by Gasteiger charge is 2.57. The number of phenols is 1. The van der Waals surface area contributed by atoms with E-state index in [4.69, 9.17) is 14.2 Å². The van der Waals surface area contributed by atoms with Gasteiger partial charge in [0, 0.05) is 12.3 Å². The van der Waals surface area contributed by atoms with Crippen LogP contribution in [0.3, 0.4) is 0 Å². The summed E-state index contributed by atoms with van der Waals surface area (Å²) >= 11 is 0. The van der Waals surface area contributed by atoms with Gasteiger partial charge >= 0.3 is 11.9 Å². The number of methoxy groups -OCH3 is 1. The molecule has 0 amide bonds. The van der Waals surface area contributed by atoms with E-state index in [1.165, 1.54) is 32.2 Å². The van der Waals surface area contributed by atoms with Crippen LogP contribution in [0.1, 0.15) is 52.5 Å². The molecule has 2 rings (SSSR count). The number of ether oxygens (including phenoxy) is 3. The van der Waals surface area contributed by atoms with Crippen LogP contribution >= 0.6 is 0 Å². The molecule has 2 N–H and O–H groups in total. The molecular formula is C22H30O8. The maximum atomic E-state index is 13.0. The van der Waals surface area contributed by atoms with Crippen LogP contribution in [-0.2, 0) is 23.9 Å². The minimum atomic E-state index is -1.74. The number of carbonyl (C=O) groups is 3. The van der Waals surface area contributed by atoms with E-state index in [1.54, 1.807) is 27.7 Å². The zero-order valence-electron chi connectivity index (χ0n) is 18.2. The van der Waals surface area contributed by atoms with Crippen LogP contribution in [0, 0.1) is 11.8 Å². The van der Waals surface area contributed by atoms with Crippen LogP contribution in [-0.4, -0.2) is 52.9 Å². The number of aliphatic hydroxyl groups is 1. The summed E-state index contributed by atoms with van der Waals surface area (Å²) in [5.41, 5.74) is -1.37. The van der Waals surface area contributed by atoms with Gasteiger partial charge in [0.05, 0.1) is 30.8 Å². The van der Waals surface area contributed by atoms with Crippen molar-refractivity contribution in [2.24, 2.45) is 11.8 Å². The third-order valence-corrected chi connectivity index (χ3v) is 5.07. The quantitative estimate of drug-likeness (QED) is 0.530. The molecule has 166 valence electrons. The first-order chi connectivity index (χ1) is 13.9. The van der Waals surface area contributed by atoms with Crippen molar-refractivity contribution in [1.29, 1.82) is 0 Å². The van der Waals surface area contributed by atoms with Crippen molar-refractivity contribution in [3.8, 4) is 11.5 Å². The predicted molar refractivity (Wildman–Crippen MR) is 107 cm³/mol. The third-order valence-electron chi connectivity index (χ3n) is 5.07. The monoisotopic (exact) mass is 422 g/mol. The maximum Gasteiger partial charge on any atom is 0.317 e. The highest BCUT2D eigenvalue weighted by molar-refractivity contribution is 6.02. The molecule has 0 aliphatic heterocycles. The van der Waals surface area contributed by atoms with Crippen molar-refractivity contribution in [2.75, 3.05) is 7.11 Å². The lowest BCUT2D eigenvalue weighted by atomic mass is 9.61. The molecule has 0 unspecified atom stereocenters. The first kappa shape index (κ1) is 23.7. The molecule has 8 heteroatoms. The third kappa shape index (κ3) is 4.92. The Morgan fingerprint density at radius 2 is 1.67 bits per heavy atom. The van der Waals surface area contributed by atoms with Crippen LogP contribution in [0.4, 0.5) is 0 Å². The Kier molecular flexibility index (Phi) is 7.13. The number of esters is 2. The molecule has 0 heterocycles. The van der Waals surface area contributed by atoms with E-state index in [0.717, 1.165) is 0 Å². The van der Waals surface area contributed by atoms with E-state index < -0.39 is 59.7 Å². The van der Waals surface area contributed by atoms with Crippen molar-refractivity contribution in [2.45, 2.75) is 64.8 Å². The number of benzene rings is 1. The molecule has 0 saturated heterocycles. The molecule has 0 radical (unpaired) electrons. The van der Waals surface area contributed by atoms with Gasteiger partial charge in [-0.1, -0.05) is 6.07 Å². The van der Waals surface area contributed by atoms with Gasteiger partial charge < -0.3 is 24.4 Å². The Morgan fingerprint density at radius 3 is 2.20 bits per heavy atom. The van der Waals surface area contributed by atoms with Crippen LogP contribution in [0.5, 0.6) is 11.5 Å². The summed E-state index contributed by atoms with van der Waals surface area (Å²) < 4.78 is 15.8. The number of ketones is 1. The molecule has 8 nitrogen and oxygen atoms in total. The summed E-state index contributed by atoms with van der Waals surface area (Å²) in [5, 5.41) is 21.0. The number of rotatable bonds is 6. The first-order valence-corrected chi connectivity index (χ1v) is 9.92. The Labute approximate surface area is 176 Å². The largest absolute Gasteiger partial charge is 0.504 e. The summed E-state index contributed by atoms with van der Waals surface area (Å²) in [6.07, 6.45) is -1.32. The van der Waals surface area contributed by atoms with Gasteiger partial charge in [-0.05, 0) is 52.3 Å². The number of phenolic OH excluding ortho intramolecular Hbond substituents is 1. The zero-order valence-corrected chi connectivity index (χ0v) is 18.2. The van der Waals surface area contributed by atoms with Gasteiger partial charge in [0.1, 0.15) is 5.92 Å². The van der Waals surface area contributed by atoms with Gasteiger partial charge in [0.25, 0.3) is 0 Å². The Hall–Kier alpha value is -2.61. The number of aromatic hydroxyl groups is 1. The van der Waals surface area contributed by atoms with E-state index >= 15 is 0 Å². The van der Waals surface area contributed by atoms with E-state index in [9.17, 15) is 24.6 Å². The number of Topliss-reactive ketones (excluding diaryl/α,β-unsaturated/α-hetero) is 1. The predicted octanol–water partition coefficient (Wildman–Crippen LogP) is 2.34. The molecule has 1 aromatic carbocycles. The molecule has 1 saturated carbocycles. The van der Waals surface area contributed by atoms with E-state index in [1.807, 2.05) is 0 Å². The Balaban J connectivity index is 2.67. The number of carbonyl (C=O) groups excluding carboxylic acids is 3. The standard InChI is InChI=1S/C22H30O8/c1-11(2)29-20(25)18-15(24)10-22(5,27)19(21(26)30-12(3)4)17(18)13-7-8-14(23)16(9-13)28-6/h7-9,11-12,17-19,23,27H,10H2,1-6H3/t17-,18-,19+,22-/m1/s1. The van der Waals surface area contributed by atoms with Crippen molar-refractivity contribution in [3.05, 3.63) is 23.8 Å². The fourth-order valence-corrected chi connectivity index (χ4v) is 3.93. The van der Waals surface area contributed by atoms with E-state index in [0.29, 0.717) is 5.56 Å². The summed E-state index contributed by atoms with van der Waals surface area (Å²) in [4.78, 5) is 38.8. The number of hydrogen-bond acceptors (Lipinski definition) is 8. The first-order valence-electron chi connectivity index (χ1n) is 9.92. The normalized spacial score (nSPS) is 26.6. The van der Waals surface area contributed by atoms with Gasteiger partial charge in [-0.2, -0.15) is 0 Å². The van der Waals surface area contributed by atoms with Crippen molar-refractivity contribution < 1.29 is 38.8 Å². The van der Waals surface area contributed by atoms with Crippen LogP contribution < -0.4 is 4.74 Å². The van der Waals surface area contributed by atoms with Crippen LogP contribution in [0.25, 0.3) is 0 Å². The average Bonchev–Trinajstić information content (AvgIpc) is 2.59. The molecule has 0 bridgehead atoms. The molecule has 1 aromatic rings. The molecule has 0 aromatic heterocycles. The molecule has 1 aliphatic carbocycles. The Bertz CT molecular complexity index is 803. The summed E-state index contributed by atoms with van der Waals surface area (Å²) in [5.74, 6) is -5.64. The summed E-state index contributed by atoms with van der Waals surface area (Å²) in [6, 6.07) is 4.28. The second-order valence-electron chi connectivity index (χ2n) is 8.38. The Morgan fingerprint density at radius 1 is 1.10 bits per heavy atom. The highest BCUT2D eigenvalue weighted by atomic mass is 16.5. The lowest BCUT2D eigenvalue weighted by molar-refractivity contribution is -0.176. The van der Waals surface area contributed by atoms with E-state index in [-0.39, 0.29) is 11.5 Å². The topological polar surface area (TPSA) is 119 Å². The van der Waals surface area contributed by atoms with Crippen LogP contribution in [0.2, 0.25) is 0 Å². The van der Waals surface area contributed by atoms with Gasteiger partial charge in [-0.25, -0.2) is 0 Å². The van der Waals surface area contributed by atoms with E-state index in [2.05, 4.69) is 0 Å². The minimum absolute atomic E-state index is 0.108. The minimum Gasteiger partial charge on any atom is -0.504 e. The maximum absolute atomic E-state index is 13.0. The summed E-state index contributed by atoms with van der Waals surface area (Å²) in [7, 11) is 1.36. The molecule has 1 aliphatic rings. The lowest BCUT2D eigenvalue weighted by Gasteiger charge is -2.44. The van der Waals surface area contributed by atoms with Gasteiger partial charge in [-0.15, -0.1) is 0 Å². The fourth-order valence-electron chi connectivity index (χ4n) is 3.93. The highest BCUT2D eigenvalue weighted by Crippen LogP contribution is 2.48. The van der Waals surface area contributed by atoms with Gasteiger partial charge in [0.15, 0.2) is 17.3 Å². The van der Waals surface area contributed by atoms with Crippen molar-refractivity contribution in [3.63, 3.8) is 0 Å².